The number of carbonyl (C=O) groups excluding carboxylic acids is 1. The van der Waals surface area contributed by atoms with Crippen LogP contribution >= 0.6 is 0 Å². The molecule has 0 spiro atoms. The Labute approximate surface area is 105 Å². The van der Waals surface area contributed by atoms with Crippen molar-refractivity contribution in [1.82, 2.24) is 0 Å². The van der Waals surface area contributed by atoms with Crippen LogP contribution in [0.4, 0.5) is 5.69 Å². The number of amides is 1. The third-order valence-electron chi connectivity index (χ3n) is 3.44. The molecule has 1 heterocycles. The van der Waals surface area contributed by atoms with Crippen LogP contribution in [-0.2, 0) is 4.79 Å². The van der Waals surface area contributed by atoms with Gasteiger partial charge in [-0.05, 0) is 18.1 Å². The molecule has 1 fully saturated rings. The lowest BCUT2D eigenvalue weighted by Crippen LogP contribution is -2.25. The Morgan fingerprint density at radius 2 is 2.00 bits per heavy atom. The number of hydrogen-bond donors (Lipinski definition) is 2. The maximum absolute atomic E-state index is 11.4. The second-order valence-electron chi connectivity index (χ2n) is 4.71. The van der Waals surface area contributed by atoms with Gasteiger partial charge in [-0.3, -0.25) is 9.59 Å². The summed E-state index contributed by atoms with van der Waals surface area (Å²) in [6.07, 6.45) is 0. The van der Waals surface area contributed by atoms with Gasteiger partial charge in [0.05, 0.1) is 11.5 Å². The molecule has 5 heteroatoms. The molecular weight excluding hydrogens is 232 g/mol. The van der Waals surface area contributed by atoms with Crippen molar-refractivity contribution < 1.29 is 14.7 Å². The Kier molecular flexibility index (Phi) is 3.23. The van der Waals surface area contributed by atoms with E-state index >= 15 is 0 Å². The third kappa shape index (κ3) is 2.16. The summed E-state index contributed by atoms with van der Waals surface area (Å²) in [4.78, 5) is 24.4. The van der Waals surface area contributed by atoms with Crippen LogP contribution in [0.15, 0.2) is 24.3 Å². The van der Waals surface area contributed by atoms with E-state index < -0.39 is 17.8 Å². The Balaban J connectivity index is 2.29. The number of benzene rings is 1. The molecule has 0 bridgehead atoms. The predicted octanol–water partition coefficient (Wildman–Crippen LogP) is 0.942. The summed E-state index contributed by atoms with van der Waals surface area (Å²) in [5, 5.41) is 9.11. The second kappa shape index (κ2) is 4.68. The normalized spacial score (nSPS) is 23.1. The summed E-state index contributed by atoms with van der Waals surface area (Å²) in [7, 11) is 0. The molecule has 96 valence electrons. The fourth-order valence-corrected chi connectivity index (χ4v) is 2.44. The number of aliphatic carboxylic acids is 1. The molecule has 1 saturated heterocycles. The van der Waals surface area contributed by atoms with E-state index in [1.165, 1.54) is 0 Å². The molecule has 2 atom stereocenters. The van der Waals surface area contributed by atoms with Gasteiger partial charge < -0.3 is 15.7 Å². The molecule has 5 nitrogen and oxygen atoms in total. The molecule has 0 radical (unpaired) electrons. The van der Waals surface area contributed by atoms with Crippen molar-refractivity contribution in [3.05, 3.63) is 29.8 Å². The smallest absolute Gasteiger partial charge is 0.308 e. The van der Waals surface area contributed by atoms with Gasteiger partial charge in [-0.25, -0.2) is 0 Å². The molecule has 1 aromatic rings. The van der Waals surface area contributed by atoms with E-state index in [-0.39, 0.29) is 5.92 Å². The van der Waals surface area contributed by atoms with Gasteiger partial charge in [-0.2, -0.15) is 0 Å². The summed E-state index contributed by atoms with van der Waals surface area (Å²) >= 11 is 0. The first-order chi connectivity index (χ1) is 8.50. The maximum Gasteiger partial charge on any atom is 0.308 e. The van der Waals surface area contributed by atoms with Crippen molar-refractivity contribution >= 4 is 17.6 Å². The van der Waals surface area contributed by atoms with Crippen LogP contribution in [0.2, 0.25) is 0 Å². The first kappa shape index (κ1) is 12.4. The highest BCUT2D eigenvalue weighted by Crippen LogP contribution is 2.30. The molecule has 1 aromatic carbocycles. The molecule has 1 aliphatic rings. The Hall–Kier alpha value is -2.04. The van der Waals surface area contributed by atoms with Crippen LogP contribution in [0.5, 0.6) is 0 Å². The van der Waals surface area contributed by atoms with Gasteiger partial charge in [-0.1, -0.05) is 19.1 Å². The van der Waals surface area contributed by atoms with Crippen LogP contribution < -0.4 is 10.6 Å². The number of hydrogen-bond acceptors (Lipinski definition) is 3. The van der Waals surface area contributed by atoms with E-state index in [0.29, 0.717) is 18.7 Å². The van der Waals surface area contributed by atoms with E-state index in [0.717, 1.165) is 5.69 Å². The van der Waals surface area contributed by atoms with E-state index in [9.17, 15) is 9.59 Å². The molecule has 2 unspecified atom stereocenters. The van der Waals surface area contributed by atoms with Gasteiger partial charge in [0, 0.05) is 18.8 Å². The predicted molar refractivity (Wildman–Crippen MR) is 67.5 cm³/mol. The third-order valence-corrected chi connectivity index (χ3v) is 3.44. The Bertz CT molecular complexity index is 487. The molecule has 0 aliphatic carbocycles. The lowest BCUT2D eigenvalue weighted by Gasteiger charge is -2.20. The topological polar surface area (TPSA) is 83.6 Å². The highest BCUT2D eigenvalue weighted by molar-refractivity contribution is 5.98. The average molecular weight is 248 g/mol. The number of rotatable bonds is 3. The molecule has 18 heavy (non-hydrogen) atoms. The number of anilines is 1. The van der Waals surface area contributed by atoms with Crippen molar-refractivity contribution in [1.29, 1.82) is 0 Å². The summed E-state index contributed by atoms with van der Waals surface area (Å²) in [6, 6.07) is 7.03. The summed E-state index contributed by atoms with van der Waals surface area (Å²) in [5.41, 5.74) is 6.49. The number of carboxylic acid groups (broad SMARTS) is 1. The minimum absolute atomic E-state index is 0.0587. The molecule has 3 N–H and O–H groups in total. The first-order valence-corrected chi connectivity index (χ1v) is 5.87. The lowest BCUT2D eigenvalue weighted by atomic mass is 9.99. The van der Waals surface area contributed by atoms with Gasteiger partial charge in [0.2, 0.25) is 0 Å². The fraction of sp³-hybridized carbons (Fsp3) is 0.385. The van der Waals surface area contributed by atoms with Gasteiger partial charge in [0.25, 0.3) is 5.91 Å². The summed E-state index contributed by atoms with van der Waals surface area (Å²) in [5.74, 6) is -1.62. The number of carboxylic acids is 1. The second-order valence-corrected chi connectivity index (χ2v) is 4.71. The zero-order chi connectivity index (χ0) is 13.3. The maximum atomic E-state index is 11.4. The van der Waals surface area contributed by atoms with Crippen LogP contribution in [-0.4, -0.2) is 30.1 Å². The number of para-hydroxylation sites is 1. The lowest BCUT2D eigenvalue weighted by molar-refractivity contribution is -0.142. The van der Waals surface area contributed by atoms with Crippen molar-refractivity contribution in [2.45, 2.75) is 6.92 Å². The van der Waals surface area contributed by atoms with Crippen molar-refractivity contribution in [3.63, 3.8) is 0 Å². The molecular formula is C13H16N2O3. The van der Waals surface area contributed by atoms with Crippen LogP contribution in [0, 0.1) is 11.8 Å². The molecule has 1 aliphatic heterocycles. The molecule has 0 aromatic heterocycles. The van der Waals surface area contributed by atoms with Crippen LogP contribution in [0.3, 0.4) is 0 Å². The molecule has 1 amide bonds. The fourth-order valence-electron chi connectivity index (χ4n) is 2.44. The number of nitrogens with two attached hydrogens (primary N) is 1. The van der Waals surface area contributed by atoms with Gasteiger partial charge >= 0.3 is 5.97 Å². The van der Waals surface area contributed by atoms with Gasteiger partial charge in [0.1, 0.15) is 0 Å². The van der Waals surface area contributed by atoms with Crippen molar-refractivity contribution in [2.24, 2.45) is 17.6 Å². The Morgan fingerprint density at radius 3 is 2.56 bits per heavy atom. The van der Waals surface area contributed by atoms with E-state index in [1.807, 2.05) is 17.9 Å². The minimum Gasteiger partial charge on any atom is -0.481 e. The van der Waals surface area contributed by atoms with Gasteiger partial charge in [0.15, 0.2) is 0 Å². The largest absolute Gasteiger partial charge is 0.481 e. The monoisotopic (exact) mass is 248 g/mol. The SMILES string of the molecule is CC1CN(c2ccccc2C(N)=O)CC1C(=O)O. The zero-order valence-corrected chi connectivity index (χ0v) is 10.2. The van der Waals surface area contributed by atoms with E-state index in [2.05, 4.69) is 0 Å². The quantitative estimate of drug-likeness (QED) is 0.834. The minimum atomic E-state index is -0.790. The highest BCUT2D eigenvalue weighted by atomic mass is 16.4. The standard InChI is InChI=1S/C13H16N2O3/c1-8-6-15(7-10(8)13(17)18)11-5-3-2-4-9(11)12(14)16/h2-5,8,10H,6-7H2,1H3,(H2,14,16)(H,17,18). The van der Waals surface area contributed by atoms with Crippen LogP contribution in [0.1, 0.15) is 17.3 Å². The van der Waals surface area contributed by atoms with Gasteiger partial charge in [-0.15, -0.1) is 0 Å². The van der Waals surface area contributed by atoms with E-state index in [1.54, 1.807) is 18.2 Å². The first-order valence-electron chi connectivity index (χ1n) is 5.87. The number of primary amides is 1. The number of nitrogens with zero attached hydrogens (tertiary/aromatic N) is 1. The number of carbonyl (C=O) groups is 2. The van der Waals surface area contributed by atoms with E-state index in [4.69, 9.17) is 10.8 Å². The van der Waals surface area contributed by atoms with Crippen molar-refractivity contribution in [3.8, 4) is 0 Å². The average Bonchev–Trinajstić information content (AvgIpc) is 2.71. The zero-order valence-electron chi connectivity index (χ0n) is 10.2. The van der Waals surface area contributed by atoms with Crippen molar-refractivity contribution in [2.75, 3.05) is 18.0 Å². The summed E-state index contributed by atoms with van der Waals surface area (Å²) in [6.45, 7) is 2.95. The Morgan fingerprint density at radius 1 is 1.33 bits per heavy atom. The highest BCUT2D eigenvalue weighted by Gasteiger charge is 2.35. The molecule has 2 rings (SSSR count). The molecule has 0 saturated carbocycles. The van der Waals surface area contributed by atoms with Crippen LogP contribution in [0.25, 0.3) is 0 Å². The summed E-state index contributed by atoms with van der Waals surface area (Å²) < 4.78 is 0.